The molecule has 0 spiro atoms. The maximum atomic E-state index is 12.9. The predicted molar refractivity (Wildman–Crippen MR) is 107 cm³/mol. The van der Waals surface area contributed by atoms with E-state index in [4.69, 9.17) is 12.2 Å². The van der Waals surface area contributed by atoms with Crippen molar-refractivity contribution in [3.05, 3.63) is 90.6 Å². The fourth-order valence-electron chi connectivity index (χ4n) is 2.03. The van der Waals surface area contributed by atoms with Crippen molar-refractivity contribution in [3.8, 4) is 0 Å². The first-order valence-corrected chi connectivity index (χ1v) is 9.26. The van der Waals surface area contributed by atoms with Gasteiger partial charge in [-0.15, -0.1) is 6.58 Å². The van der Waals surface area contributed by atoms with E-state index in [2.05, 4.69) is 17.2 Å². The van der Waals surface area contributed by atoms with Crippen LogP contribution in [0.4, 0.5) is 0 Å². The van der Waals surface area contributed by atoms with E-state index in [0.29, 0.717) is 22.3 Å². The van der Waals surface area contributed by atoms with E-state index in [1.165, 1.54) is 0 Å². The largest absolute Gasteiger partial charge is 0.359 e. The highest BCUT2D eigenvalue weighted by Gasteiger charge is 2.11. The van der Waals surface area contributed by atoms with Crippen LogP contribution in [0.1, 0.15) is 11.1 Å². The molecule has 0 aliphatic heterocycles. The Morgan fingerprint density at radius 3 is 2.33 bits per heavy atom. The Labute approximate surface area is 150 Å². The molecule has 2 rings (SSSR count). The van der Waals surface area contributed by atoms with E-state index in [-0.39, 0.29) is 0 Å². The molecule has 0 radical (unpaired) electrons. The summed E-state index contributed by atoms with van der Waals surface area (Å²) in [4.78, 5) is 0.710. The first kappa shape index (κ1) is 18.1. The third-order valence-corrected chi connectivity index (χ3v) is 4.89. The van der Waals surface area contributed by atoms with Crippen LogP contribution >= 0.6 is 12.2 Å². The van der Waals surface area contributed by atoms with Gasteiger partial charge in [-0.25, -0.2) is 0 Å². The van der Waals surface area contributed by atoms with Crippen molar-refractivity contribution in [3.63, 3.8) is 0 Å². The van der Waals surface area contributed by atoms with Crippen LogP contribution in [0.15, 0.2) is 79.5 Å². The van der Waals surface area contributed by atoms with Crippen LogP contribution in [0, 0.1) is 0 Å². The van der Waals surface area contributed by atoms with Gasteiger partial charge < -0.3 is 10.6 Å². The molecular formula is C19H20N2OS2. The van der Waals surface area contributed by atoms with Crippen molar-refractivity contribution in [2.75, 3.05) is 6.54 Å². The zero-order valence-electron chi connectivity index (χ0n) is 13.3. The molecule has 5 heteroatoms. The summed E-state index contributed by atoms with van der Waals surface area (Å²) in [5.41, 5.74) is 1.94. The summed E-state index contributed by atoms with van der Waals surface area (Å²) in [5, 5.41) is 6.46. The van der Waals surface area contributed by atoms with Crippen LogP contribution in [-0.2, 0) is 16.6 Å². The Morgan fingerprint density at radius 2 is 1.71 bits per heavy atom. The highest BCUT2D eigenvalue weighted by atomic mass is 32.2. The van der Waals surface area contributed by atoms with Crippen LogP contribution in [0.25, 0.3) is 4.91 Å². The minimum atomic E-state index is -1.19. The molecule has 24 heavy (non-hydrogen) atoms. The van der Waals surface area contributed by atoms with Gasteiger partial charge in [0, 0.05) is 12.7 Å². The van der Waals surface area contributed by atoms with Gasteiger partial charge >= 0.3 is 0 Å². The Kier molecular flexibility index (Phi) is 7.39. The molecule has 0 aliphatic rings. The van der Waals surface area contributed by atoms with Crippen LogP contribution in [0.3, 0.4) is 0 Å². The number of hydrogen-bond donors (Lipinski definition) is 2. The Balaban J connectivity index is 2.18. The monoisotopic (exact) mass is 356 g/mol. The van der Waals surface area contributed by atoms with Crippen LogP contribution in [-0.4, -0.2) is 15.9 Å². The van der Waals surface area contributed by atoms with Crippen LogP contribution in [0.2, 0.25) is 0 Å². The standard InChI is InChI=1S/C19H20N2OS2/c1-2-13-20-19(23)21-14-18(17-11-7-4-8-12-17)24(22)15-16-9-5-3-6-10-16/h2-12,14H,1,13,15H2,(H2,20,21,23). The molecule has 0 fully saturated rings. The summed E-state index contributed by atoms with van der Waals surface area (Å²) >= 11 is 5.19. The van der Waals surface area contributed by atoms with Crippen molar-refractivity contribution in [1.82, 2.24) is 10.6 Å². The minimum absolute atomic E-state index is 0.454. The summed E-state index contributed by atoms with van der Waals surface area (Å²) < 4.78 is 12.9. The fourth-order valence-corrected chi connectivity index (χ4v) is 3.42. The molecule has 0 heterocycles. The number of hydrogen-bond acceptors (Lipinski definition) is 2. The van der Waals surface area contributed by atoms with Gasteiger partial charge in [0.15, 0.2) is 5.11 Å². The Hall–Kier alpha value is -2.24. The number of rotatable bonds is 7. The van der Waals surface area contributed by atoms with Crippen molar-refractivity contribution in [1.29, 1.82) is 0 Å². The van der Waals surface area contributed by atoms with Gasteiger partial charge in [0.2, 0.25) is 0 Å². The van der Waals surface area contributed by atoms with E-state index >= 15 is 0 Å². The lowest BCUT2D eigenvalue weighted by molar-refractivity contribution is 0.688. The first-order valence-electron chi connectivity index (χ1n) is 7.54. The average Bonchev–Trinajstić information content (AvgIpc) is 2.62. The SMILES string of the molecule is C=CCNC(=S)NC=C(c1ccccc1)S(=O)Cc1ccccc1. The third-order valence-electron chi connectivity index (χ3n) is 3.19. The van der Waals surface area contributed by atoms with E-state index in [0.717, 1.165) is 11.1 Å². The molecule has 1 unspecified atom stereocenters. The summed E-state index contributed by atoms with van der Waals surface area (Å²) in [6.07, 6.45) is 3.44. The topological polar surface area (TPSA) is 41.1 Å². The van der Waals surface area contributed by atoms with Crippen molar-refractivity contribution in [2.24, 2.45) is 0 Å². The number of nitrogens with one attached hydrogen (secondary N) is 2. The molecule has 0 bridgehead atoms. The molecule has 0 amide bonds. The molecule has 0 aliphatic carbocycles. The lowest BCUT2D eigenvalue weighted by Crippen LogP contribution is -2.32. The normalized spacial score (nSPS) is 12.2. The van der Waals surface area contributed by atoms with Crippen LogP contribution in [0.5, 0.6) is 0 Å². The molecule has 2 N–H and O–H groups in total. The van der Waals surface area contributed by atoms with Gasteiger partial charge in [-0.1, -0.05) is 66.7 Å². The van der Waals surface area contributed by atoms with E-state index in [9.17, 15) is 4.21 Å². The molecule has 1 atom stereocenters. The molecule has 0 saturated heterocycles. The van der Waals surface area contributed by atoms with E-state index in [1.807, 2.05) is 60.7 Å². The second-order valence-corrected chi connectivity index (χ2v) is 6.82. The molecule has 2 aromatic carbocycles. The summed E-state index contributed by atoms with van der Waals surface area (Å²) in [5.74, 6) is 0.454. The zero-order chi connectivity index (χ0) is 17.2. The van der Waals surface area contributed by atoms with Gasteiger partial charge in [-0.3, -0.25) is 4.21 Å². The summed E-state index contributed by atoms with van der Waals surface area (Å²) in [7, 11) is -1.19. The van der Waals surface area contributed by atoms with Crippen molar-refractivity contribution in [2.45, 2.75) is 5.75 Å². The van der Waals surface area contributed by atoms with Gasteiger partial charge in [-0.05, 0) is 23.3 Å². The molecule has 3 nitrogen and oxygen atoms in total. The van der Waals surface area contributed by atoms with Gasteiger partial charge in [0.25, 0.3) is 0 Å². The second-order valence-electron chi connectivity index (χ2n) is 4.99. The minimum Gasteiger partial charge on any atom is -0.359 e. The van der Waals surface area contributed by atoms with Gasteiger partial charge in [0.1, 0.15) is 0 Å². The highest BCUT2D eigenvalue weighted by molar-refractivity contribution is 7.93. The Morgan fingerprint density at radius 1 is 1.08 bits per heavy atom. The highest BCUT2D eigenvalue weighted by Crippen LogP contribution is 2.20. The average molecular weight is 357 g/mol. The lowest BCUT2D eigenvalue weighted by atomic mass is 10.2. The molecule has 0 aromatic heterocycles. The van der Waals surface area contributed by atoms with Crippen LogP contribution < -0.4 is 10.6 Å². The molecule has 124 valence electrons. The quantitative estimate of drug-likeness (QED) is 0.588. The predicted octanol–water partition coefficient (Wildman–Crippen LogP) is 3.58. The molecular weight excluding hydrogens is 336 g/mol. The number of benzene rings is 2. The van der Waals surface area contributed by atoms with Gasteiger partial charge in [-0.2, -0.15) is 0 Å². The first-order chi connectivity index (χ1) is 11.7. The lowest BCUT2D eigenvalue weighted by Gasteiger charge is -2.10. The summed E-state index contributed by atoms with van der Waals surface area (Å²) in [6.45, 7) is 4.21. The van der Waals surface area contributed by atoms with Gasteiger partial charge in [0.05, 0.1) is 21.5 Å². The van der Waals surface area contributed by atoms with E-state index in [1.54, 1.807) is 12.3 Å². The maximum Gasteiger partial charge on any atom is 0.170 e. The number of thiocarbonyl (C=S) groups is 1. The molecule has 0 saturated carbocycles. The zero-order valence-corrected chi connectivity index (χ0v) is 14.9. The van der Waals surface area contributed by atoms with Crippen molar-refractivity contribution < 1.29 is 4.21 Å². The fraction of sp³-hybridized carbons (Fsp3) is 0.105. The maximum absolute atomic E-state index is 12.9. The Bertz CT molecular complexity index is 728. The van der Waals surface area contributed by atoms with E-state index < -0.39 is 10.8 Å². The third kappa shape index (κ3) is 5.76. The second kappa shape index (κ2) is 9.80. The summed E-state index contributed by atoms with van der Waals surface area (Å²) in [6, 6.07) is 19.5. The van der Waals surface area contributed by atoms with Crippen molar-refractivity contribution >= 4 is 33.0 Å². The smallest absolute Gasteiger partial charge is 0.170 e. The molecule has 2 aromatic rings.